The molecule has 0 aromatic carbocycles. The lowest BCUT2D eigenvalue weighted by molar-refractivity contribution is 0.0773. The summed E-state index contributed by atoms with van der Waals surface area (Å²) in [5.41, 5.74) is 1.52. The van der Waals surface area contributed by atoms with Gasteiger partial charge in [-0.05, 0) is 12.0 Å². The zero-order valence-electron chi connectivity index (χ0n) is 11.9. The minimum atomic E-state index is -0.0994. The molecular formula is C13H22N4O2. The molecule has 1 aliphatic rings. The number of amides is 1. The molecule has 6 nitrogen and oxygen atoms in total. The first-order valence-corrected chi connectivity index (χ1v) is 6.61. The monoisotopic (exact) mass is 266 g/mol. The first kappa shape index (κ1) is 14.0. The van der Waals surface area contributed by atoms with Gasteiger partial charge >= 0.3 is 0 Å². The SMILES string of the molecule is COC1CNCC1NC(=O)c1cc(C(C)C)nn1C. The smallest absolute Gasteiger partial charge is 0.269 e. The maximum Gasteiger partial charge on any atom is 0.269 e. The summed E-state index contributed by atoms with van der Waals surface area (Å²) in [5, 5.41) is 10.6. The molecular weight excluding hydrogens is 244 g/mol. The maximum absolute atomic E-state index is 12.3. The highest BCUT2D eigenvalue weighted by Crippen LogP contribution is 2.14. The first-order chi connectivity index (χ1) is 9.02. The minimum absolute atomic E-state index is 0.00917. The highest BCUT2D eigenvalue weighted by molar-refractivity contribution is 5.93. The van der Waals surface area contributed by atoms with Gasteiger partial charge in [0.15, 0.2) is 0 Å². The van der Waals surface area contributed by atoms with Crippen molar-refractivity contribution < 1.29 is 9.53 Å². The van der Waals surface area contributed by atoms with E-state index in [-0.39, 0.29) is 18.1 Å². The molecule has 1 aromatic heterocycles. The van der Waals surface area contributed by atoms with Crippen molar-refractivity contribution in [2.24, 2.45) is 7.05 Å². The Bertz CT molecular complexity index is 455. The Kier molecular flexibility index (Phi) is 4.21. The minimum Gasteiger partial charge on any atom is -0.378 e. The van der Waals surface area contributed by atoms with Crippen LogP contribution < -0.4 is 10.6 Å². The molecule has 0 spiro atoms. The quantitative estimate of drug-likeness (QED) is 0.820. The molecule has 2 unspecified atom stereocenters. The number of nitrogens with zero attached hydrogens (tertiary/aromatic N) is 2. The van der Waals surface area contributed by atoms with Crippen molar-refractivity contribution in [3.8, 4) is 0 Å². The highest BCUT2D eigenvalue weighted by Gasteiger charge is 2.29. The lowest BCUT2D eigenvalue weighted by atomic mass is 10.1. The number of nitrogens with one attached hydrogen (secondary N) is 2. The summed E-state index contributed by atoms with van der Waals surface area (Å²) in [6, 6.07) is 1.86. The molecule has 1 fully saturated rings. The largest absolute Gasteiger partial charge is 0.378 e. The first-order valence-electron chi connectivity index (χ1n) is 6.61. The number of hydrogen-bond acceptors (Lipinski definition) is 4. The van der Waals surface area contributed by atoms with Gasteiger partial charge in [0.25, 0.3) is 5.91 Å². The van der Waals surface area contributed by atoms with Gasteiger partial charge < -0.3 is 15.4 Å². The second-order valence-electron chi connectivity index (χ2n) is 5.25. The number of rotatable bonds is 4. The number of carbonyl (C=O) groups excluding carboxylic acids is 1. The molecule has 6 heteroatoms. The van der Waals surface area contributed by atoms with E-state index in [0.717, 1.165) is 18.8 Å². The number of ether oxygens (including phenoxy) is 1. The van der Waals surface area contributed by atoms with E-state index in [0.29, 0.717) is 11.6 Å². The van der Waals surface area contributed by atoms with Crippen molar-refractivity contribution >= 4 is 5.91 Å². The molecule has 0 radical (unpaired) electrons. The van der Waals surface area contributed by atoms with Gasteiger partial charge in [0, 0.05) is 27.2 Å². The summed E-state index contributed by atoms with van der Waals surface area (Å²) >= 11 is 0. The van der Waals surface area contributed by atoms with E-state index in [1.807, 2.05) is 6.07 Å². The number of aryl methyl sites for hydroxylation is 1. The Balaban J connectivity index is 2.07. The Morgan fingerprint density at radius 2 is 2.32 bits per heavy atom. The third kappa shape index (κ3) is 2.96. The number of aromatic nitrogens is 2. The predicted molar refractivity (Wildman–Crippen MR) is 72.2 cm³/mol. The number of carbonyl (C=O) groups is 1. The van der Waals surface area contributed by atoms with Gasteiger partial charge in [-0.3, -0.25) is 9.48 Å². The average Bonchev–Trinajstić information content (AvgIpc) is 2.95. The lowest BCUT2D eigenvalue weighted by Gasteiger charge is -2.18. The normalized spacial score (nSPS) is 23.0. The van der Waals surface area contributed by atoms with Crippen LogP contribution in [-0.2, 0) is 11.8 Å². The molecule has 106 valence electrons. The Labute approximate surface area is 113 Å². The van der Waals surface area contributed by atoms with Crippen LogP contribution in [0.5, 0.6) is 0 Å². The number of methoxy groups -OCH3 is 1. The molecule has 1 aliphatic heterocycles. The highest BCUT2D eigenvalue weighted by atomic mass is 16.5. The second kappa shape index (κ2) is 5.71. The average molecular weight is 266 g/mol. The molecule has 2 rings (SSSR count). The molecule has 19 heavy (non-hydrogen) atoms. The van der Waals surface area contributed by atoms with Crippen LogP contribution in [0.1, 0.15) is 35.9 Å². The molecule has 1 amide bonds. The summed E-state index contributed by atoms with van der Waals surface area (Å²) < 4.78 is 6.97. The molecule has 0 bridgehead atoms. The van der Waals surface area contributed by atoms with E-state index < -0.39 is 0 Å². The Morgan fingerprint density at radius 1 is 1.58 bits per heavy atom. The zero-order chi connectivity index (χ0) is 14.0. The zero-order valence-corrected chi connectivity index (χ0v) is 11.9. The van der Waals surface area contributed by atoms with Gasteiger partial charge in [-0.15, -0.1) is 0 Å². The Morgan fingerprint density at radius 3 is 2.89 bits per heavy atom. The van der Waals surface area contributed by atoms with Crippen LogP contribution in [0.25, 0.3) is 0 Å². The van der Waals surface area contributed by atoms with E-state index in [1.54, 1.807) is 18.8 Å². The van der Waals surface area contributed by atoms with Crippen LogP contribution >= 0.6 is 0 Å². The van der Waals surface area contributed by atoms with Gasteiger partial charge in [-0.25, -0.2) is 0 Å². The van der Waals surface area contributed by atoms with Gasteiger partial charge in [0.05, 0.1) is 17.8 Å². The van der Waals surface area contributed by atoms with E-state index in [4.69, 9.17) is 4.74 Å². The van der Waals surface area contributed by atoms with Gasteiger partial charge in [0.1, 0.15) is 5.69 Å². The fraction of sp³-hybridized carbons (Fsp3) is 0.692. The van der Waals surface area contributed by atoms with Gasteiger partial charge in [-0.1, -0.05) is 13.8 Å². The summed E-state index contributed by atoms with van der Waals surface area (Å²) in [7, 11) is 3.46. The molecule has 2 heterocycles. The second-order valence-corrected chi connectivity index (χ2v) is 5.25. The predicted octanol–water partition coefficient (Wildman–Crippen LogP) is 0.260. The van der Waals surface area contributed by atoms with Crippen LogP contribution in [0.15, 0.2) is 6.07 Å². The van der Waals surface area contributed by atoms with Gasteiger partial charge in [0.2, 0.25) is 0 Å². The van der Waals surface area contributed by atoms with E-state index >= 15 is 0 Å². The van der Waals surface area contributed by atoms with E-state index in [1.165, 1.54) is 0 Å². The molecule has 1 saturated heterocycles. The molecule has 1 aromatic rings. The fourth-order valence-corrected chi connectivity index (χ4v) is 2.27. The molecule has 0 aliphatic carbocycles. The summed E-state index contributed by atoms with van der Waals surface area (Å²) in [5.74, 6) is 0.213. The number of hydrogen-bond donors (Lipinski definition) is 2. The summed E-state index contributed by atoms with van der Waals surface area (Å²) in [6.45, 7) is 5.63. The van der Waals surface area contributed by atoms with Crippen molar-refractivity contribution in [1.82, 2.24) is 20.4 Å². The van der Waals surface area contributed by atoms with Crippen LogP contribution in [0.4, 0.5) is 0 Å². The standard InChI is InChI=1S/C13H22N4O2/c1-8(2)9-5-11(17(3)16-9)13(18)15-10-6-14-7-12(10)19-4/h5,8,10,12,14H,6-7H2,1-4H3,(H,15,18). The van der Waals surface area contributed by atoms with Crippen molar-refractivity contribution in [3.05, 3.63) is 17.5 Å². The maximum atomic E-state index is 12.3. The fourth-order valence-electron chi connectivity index (χ4n) is 2.27. The van der Waals surface area contributed by atoms with Crippen molar-refractivity contribution in [2.45, 2.75) is 31.9 Å². The Hall–Kier alpha value is -1.40. The van der Waals surface area contributed by atoms with E-state index in [2.05, 4.69) is 29.6 Å². The van der Waals surface area contributed by atoms with E-state index in [9.17, 15) is 4.79 Å². The van der Waals surface area contributed by atoms with Crippen LogP contribution in [-0.4, -0.2) is 48.0 Å². The molecule has 2 atom stereocenters. The summed E-state index contributed by atoms with van der Waals surface area (Å²) in [6.07, 6.45) is 0.0294. The van der Waals surface area contributed by atoms with Gasteiger partial charge in [-0.2, -0.15) is 5.10 Å². The third-order valence-electron chi connectivity index (χ3n) is 3.50. The van der Waals surface area contributed by atoms with Crippen LogP contribution in [0.2, 0.25) is 0 Å². The van der Waals surface area contributed by atoms with Crippen molar-refractivity contribution in [2.75, 3.05) is 20.2 Å². The third-order valence-corrected chi connectivity index (χ3v) is 3.50. The molecule has 0 saturated carbocycles. The topological polar surface area (TPSA) is 68.2 Å². The molecule has 2 N–H and O–H groups in total. The van der Waals surface area contributed by atoms with Crippen molar-refractivity contribution in [1.29, 1.82) is 0 Å². The lowest BCUT2D eigenvalue weighted by Crippen LogP contribution is -2.44. The van der Waals surface area contributed by atoms with Crippen LogP contribution in [0.3, 0.4) is 0 Å². The van der Waals surface area contributed by atoms with Crippen molar-refractivity contribution in [3.63, 3.8) is 0 Å². The van der Waals surface area contributed by atoms with Crippen LogP contribution in [0, 0.1) is 0 Å². The summed E-state index contributed by atoms with van der Waals surface area (Å²) in [4.78, 5) is 12.3.